The molecule has 0 saturated heterocycles. The molecule has 1 saturated carbocycles. The normalized spacial score (nSPS) is 15.6. The Labute approximate surface area is 92.6 Å². The first-order chi connectivity index (χ1) is 7.68. The highest BCUT2D eigenvalue weighted by Crippen LogP contribution is 2.30. The monoisotopic (exact) mass is 224 g/mol. The summed E-state index contributed by atoms with van der Waals surface area (Å²) in [6.07, 6.45) is 3.52. The number of anilines is 1. The van der Waals surface area contributed by atoms with E-state index in [-0.39, 0.29) is 5.69 Å². The molecule has 0 heterocycles. The minimum Gasteiger partial charge on any atom is -0.379 e. The second-order valence-corrected chi connectivity index (χ2v) is 4.07. The van der Waals surface area contributed by atoms with Crippen LogP contribution in [-0.4, -0.2) is 11.5 Å². The van der Waals surface area contributed by atoms with E-state index in [9.17, 15) is 14.5 Å². The SMILES string of the molecule is O=[N+]([O-])c1c(F)cccc1NCC1CCC1. The molecule has 4 nitrogen and oxygen atoms in total. The molecule has 1 fully saturated rings. The molecule has 1 aliphatic carbocycles. The van der Waals surface area contributed by atoms with Gasteiger partial charge in [0.15, 0.2) is 0 Å². The third-order valence-electron chi connectivity index (χ3n) is 2.98. The highest BCUT2D eigenvalue weighted by Gasteiger charge is 2.22. The number of nitrogens with one attached hydrogen (secondary N) is 1. The van der Waals surface area contributed by atoms with Gasteiger partial charge in [-0.05, 0) is 30.9 Å². The first-order valence-electron chi connectivity index (χ1n) is 5.35. The number of nitrogens with zero attached hydrogens (tertiary/aromatic N) is 1. The average molecular weight is 224 g/mol. The van der Waals surface area contributed by atoms with Crippen molar-refractivity contribution in [3.05, 3.63) is 34.1 Å². The first kappa shape index (κ1) is 10.9. The van der Waals surface area contributed by atoms with Gasteiger partial charge >= 0.3 is 5.69 Å². The van der Waals surface area contributed by atoms with Crippen molar-refractivity contribution in [2.45, 2.75) is 19.3 Å². The van der Waals surface area contributed by atoms with Crippen LogP contribution in [0.4, 0.5) is 15.8 Å². The zero-order valence-corrected chi connectivity index (χ0v) is 8.78. The number of rotatable bonds is 4. The van der Waals surface area contributed by atoms with Crippen LogP contribution in [0.5, 0.6) is 0 Å². The maximum absolute atomic E-state index is 13.2. The second kappa shape index (κ2) is 4.47. The fourth-order valence-electron chi connectivity index (χ4n) is 1.79. The predicted octanol–water partition coefficient (Wildman–Crippen LogP) is 2.95. The van der Waals surface area contributed by atoms with E-state index in [0.717, 1.165) is 18.9 Å². The average Bonchev–Trinajstić information content (AvgIpc) is 2.14. The summed E-state index contributed by atoms with van der Waals surface area (Å²) in [5, 5.41) is 13.7. The van der Waals surface area contributed by atoms with Crippen LogP contribution in [0.25, 0.3) is 0 Å². The zero-order valence-electron chi connectivity index (χ0n) is 8.78. The number of hydrogen-bond donors (Lipinski definition) is 1. The van der Waals surface area contributed by atoms with E-state index in [1.807, 2.05) is 0 Å². The highest BCUT2D eigenvalue weighted by molar-refractivity contribution is 5.61. The van der Waals surface area contributed by atoms with Crippen molar-refractivity contribution in [2.75, 3.05) is 11.9 Å². The molecule has 1 aliphatic rings. The lowest BCUT2D eigenvalue weighted by molar-refractivity contribution is -0.386. The van der Waals surface area contributed by atoms with Crippen molar-refractivity contribution in [1.82, 2.24) is 0 Å². The van der Waals surface area contributed by atoms with Gasteiger partial charge in [-0.25, -0.2) is 0 Å². The van der Waals surface area contributed by atoms with Crippen molar-refractivity contribution in [3.8, 4) is 0 Å². The molecule has 1 aromatic rings. The molecular formula is C11H13FN2O2. The number of nitro benzene ring substituents is 1. The van der Waals surface area contributed by atoms with Crippen LogP contribution in [0, 0.1) is 21.8 Å². The maximum atomic E-state index is 13.2. The van der Waals surface area contributed by atoms with Crippen LogP contribution in [0.2, 0.25) is 0 Å². The van der Waals surface area contributed by atoms with Crippen LogP contribution >= 0.6 is 0 Å². The standard InChI is InChI=1S/C11H13FN2O2/c12-9-5-2-6-10(11(9)14(15)16)13-7-8-3-1-4-8/h2,5-6,8,13H,1,3-4,7H2. The molecule has 1 aromatic carbocycles. The number of halogens is 1. The molecule has 1 N–H and O–H groups in total. The van der Waals surface area contributed by atoms with Crippen LogP contribution in [0.15, 0.2) is 18.2 Å². The first-order valence-corrected chi connectivity index (χ1v) is 5.35. The molecule has 2 rings (SSSR count). The zero-order chi connectivity index (χ0) is 11.5. The molecule has 0 amide bonds. The fourth-order valence-corrected chi connectivity index (χ4v) is 1.79. The van der Waals surface area contributed by atoms with E-state index < -0.39 is 16.4 Å². The van der Waals surface area contributed by atoms with E-state index in [0.29, 0.717) is 12.5 Å². The molecule has 0 atom stereocenters. The summed E-state index contributed by atoms with van der Waals surface area (Å²) in [5.41, 5.74) is -0.182. The van der Waals surface area contributed by atoms with Crippen molar-refractivity contribution in [3.63, 3.8) is 0 Å². The van der Waals surface area contributed by atoms with Crippen LogP contribution in [-0.2, 0) is 0 Å². The van der Waals surface area contributed by atoms with Gasteiger partial charge in [-0.1, -0.05) is 12.5 Å². The summed E-state index contributed by atoms with van der Waals surface area (Å²) in [6.45, 7) is 0.685. The Hall–Kier alpha value is -1.65. The van der Waals surface area contributed by atoms with E-state index in [2.05, 4.69) is 5.32 Å². The minimum absolute atomic E-state index is 0.275. The Morgan fingerprint density at radius 2 is 2.25 bits per heavy atom. The smallest absolute Gasteiger partial charge is 0.327 e. The van der Waals surface area contributed by atoms with Crippen molar-refractivity contribution in [1.29, 1.82) is 0 Å². The maximum Gasteiger partial charge on any atom is 0.327 e. The molecule has 0 aliphatic heterocycles. The predicted molar refractivity (Wildman–Crippen MR) is 58.9 cm³/mol. The van der Waals surface area contributed by atoms with Crippen molar-refractivity contribution < 1.29 is 9.31 Å². The Bertz CT molecular complexity index is 405. The molecule has 0 spiro atoms. The Morgan fingerprint density at radius 3 is 2.81 bits per heavy atom. The molecule has 0 aromatic heterocycles. The molecule has 86 valence electrons. The third-order valence-corrected chi connectivity index (χ3v) is 2.98. The molecule has 0 bridgehead atoms. The van der Waals surface area contributed by atoms with Crippen LogP contribution < -0.4 is 5.32 Å². The topological polar surface area (TPSA) is 55.2 Å². The van der Waals surface area contributed by atoms with Gasteiger partial charge in [-0.2, -0.15) is 4.39 Å². The van der Waals surface area contributed by atoms with Gasteiger partial charge in [-0.15, -0.1) is 0 Å². The van der Waals surface area contributed by atoms with E-state index >= 15 is 0 Å². The van der Waals surface area contributed by atoms with Gasteiger partial charge in [0.1, 0.15) is 5.69 Å². The summed E-state index contributed by atoms with van der Waals surface area (Å²) < 4.78 is 13.2. The van der Waals surface area contributed by atoms with Gasteiger partial charge in [0, 0.05) is 6.54 Å². The fraction of sp³-hybridized carbons (Fsp3) is 0.455. The molecular weight excluding hydrogens is 211 g/mol. The Kier molecular flexibility index (Phi) is 3.03. The lowest BCUT2D eigenvalue weighted by Gasteiger charge is -2.25. The van der Waals surface area contributed by atoms with Crippen LogP contribution in [0.1, 0.15) is 19.3 Å². The van der Waals surface area contributed by atoms with Gasteiger partial charge in [0.05, 0.1) is 4.92 Å². The highest BCUT2D eigenvalue weighted by atomic mass is 19.1. The summed E-state index contributed by atoms with van der Waals surface area (Å²) in [5.74, 6) is -0.216. The van der Waals surface area contributed by atoms with Gasteiger partial charge in [0.2, 0.25) is 5.82 Å². The number of benzene rings is 1. The molecule has 0 radical (unpaired) electrons. The molecule has 5 heteroatoms. The van der Waals surface area contributed by atoms with E-state index in [4.69, 9.17) is 0 Å². The van der Waals surface area contributed by atoms with Gasteiger partial charge in [-0.3, -0.25) is 10.1 Å². The molecule has 0 unspecified atom stereocenters. The number of hydrogen-bond acceptors (Lipinski definition) is 3. The van der Waals surface area contributed by atoms with Crippen molar-refractivity contribution >= 4 is 11.4 Å². The second-order valence-electron chi connectivity index (χ2n) is 4.07. The van der Waals surface area contributed by atoms with Crippen molar-refractivity contribution in [2.24, 2.45) is 5.92 Å². The largest absolute Gasteiger partial charge is 0.379 e. The number of para-hydroxylation sites is 1. The third kappa shape index (κ3) is 2.13. The lowest BCUT2D eigenvalue weighted by Crippen LogP contribution is -2.21. The van der Waals surface area contributed by atoms with E-state index in [1.54, 1.807) is 6.07 Å². The molecule has 16 heavy (non-hydrogen) atoms. The summed E-state index contributed by atoms with van der Waals surface area (Å²) in [6, 6.07) is 4.12. The van der Waals surface area contributed by atoms with Crippen LogP contribution in [0.3, 0.4) is 0 Å². The Balaban J connectivity index is 2.12. The Morgan fingerprint density at radius 1 is 1.50 bits per heavy atom. The van der Waals surface area contributed by atoms with Gasteiger partial charge in [0.25, 0.3) is 0 Å². The summed E-state index contributed by atoms with van der Waals surface area (Å²) >= 11 is 0. The minimum atomic E-state index is -0.788. The quantitative estimate of drug-likeness (QED) is 0.631. The summed E-state index contributed by atoms with van der Waals surface area (Å²) in [7, 11) is 0. The van der Waals surface area contributed by atoms with Gasteiger partial charge < -0.3 is 5.32 Å². The van der Waals surface area contributed by atoms with E-state index in [1.165, 1.54) is 12.5 Å². The lowest BCUT2D eigenvalue weighted by atomic mass is 9.85. The summed E-state index contributed by atoms with van der Waals surface area (Å²) in [4.78, 5) is 10.0. The number of nitro groups is 1.